The van der Waals surface area contributed by atoms with Crippen LogP contribution in [-0.2, 0) is 4.79 Å². The van der Waals surface area contributed by atoms with Crippen molar-refractivity contribution in [3.8, 4) is 0 Å². The van der Waals surface area contributed by atoms with Gasteiger partial charge in [0.05, 0.1) is 5.54 Å². The molecule has 104 valence electrons. The number of amides is 1. The SMILES string of the molecule is CN1CCC(C)(CNC(=O)C2(C)CCCN2)CC1. The second-order valence-corrected chi connectivity index (χ2v) is 6.66. The van der Waals surface area contributed by atoms with E-state index in [4.69, 9.17) is 0 Å². The largest absolute Gasteiger partial charge is 0.354 e. The van der Waals surface area contributed by atoms with E-state index in [1.165, 1.54) is 12.8 Å². The highest BCUT2D eigenvalue weighted by Crippen LogP contribution is 2.29. The Morgan fingerprint density at radius 3 is 2.50 bits per heavy atom. The Kier molecular flexibility index (Phi) is 3.97. The molecule has 0 saturated carbocycles. The molecule has 0 spiro atoms. The van der Waals surface area contributed by atoms with E-state index < -0.39 is 0 Å². The lowest BCUT2D eigenvalue weighted by Crippen LogP contribution is -2.53. The van der Waals surface area contributed by atoms with Crippen molar-refractivity contribution >= 4 is 5.91 Å². The maximum Gasteiger partial charge on any atom is 0.240 e. The fourth-order valence-corrected chi connectivity index (χ4v) is 2.91. The Bertz CT molecular complexity index is 302. The Balaban J connectivity index is 1.82. The summed E-state index contributed by atoms with van der Waals surface area (Å²) >= 11 is 0. The smallest absolute Gasteiger partial charge is 0.240 e. The van der Waals surface area contributed by atoms with Gasteiger partial charge in [-0.3, -0.25) is 4.79 Å². The summed E-state index contributed by atoms with van der Waals surface area (Å²) < 4.78 is 0. The van der Waals surface area contributed by atoms with Crippen molar-refractivity contribution in [3.05, 3.63) is 0 Å². The lowest BCUT2D eigenvalue weighted by molar-refractivity contribution is -0.127. The normalized spacial score (nSPS) is 32.4. The molecule has 0 aromatic rings. The third-order valence-electron chi connectivity index (χ3n) is 4.74. The number of carbonyl (C=O) groups is 1. The van der Waals surface area contributed by atoms with Crippen LogP contribution in [0.2, 0.25) is 0 Å². The summed E-state index contributed by atoms with van der Waals surface area (Å²) in [6.07, 6.45) is 4.41. The van der Waals surface area contributed by atoms with E-state index in [-0.39, 0.29) is 16.9 Å². The standard InChI is InChI=1S/C14H27N3O/c1-13(6-9-17(3)10-7-13)11-15-12(18)14(2)5-4-8-16-14/h16H,4-11H2,1-3H3,(H,15,18). The monoisotopic (exact) mass is 253 g/mol. The van der Waals surface area contributed by atoms with E-state index in [1.54, 1.807) is 0 Å². The lowest BCUT2D eigenvalue weighted by atomic mass is 9.80. The molecule has 1 amide bonds. The van der Waals surface area contributed by atoms with Gasteiger partial charge < -0.3 is 15.5 Å². The van der Waals surface area contributed by atoms with Gasteiger partial charge in [0.25, 0.3) is 0 Å². The molecular formula is C14H27N3O. The number of hydrogen-bond acceptors (Lipinski definition) is 3. The van der Waals surface area contributed by atoms with Crippen molar-refractivity contribution < 1.29 is 4.79 Å². The van der Waals surface area contributed by atoms with Crippen LogP contribution in [0.25, 0.3) is 0 Å². The summed E-state index contributed by atoms with van der Waals surface area (Å²) in [4.78, 5) is 14.6. The first-order valence-electron chi connectivity index (χ1n) is 7.16. The molecule has 1 atom stereocenters. The highest BCUT2D eigenvalue weighted by Gasteiger charge is 2.37. The molecule has 0 radical (unpaired) electrons. The number of nitrogens with one attached hydrogen (secondary N) is 2. The maximum absolute atomic E-state index is 12.2. The number of carbonyl (C=O) groups excluding carboxylic acids is 1. The number of hydrogen-bond donors (Lipinski definition) is 2. The number of rotatable bonds is 3. The van der Waals surface area contributed by atoms with Crippen molar-refractivity contribution in [2.45, 2.75) is 45.1 Å². The third-order valence-corrected chi connectivity index (χ3v) is 4.74. The van der Waals surface area contributed by atoms with Crippen LogP contribution < -0.4 is 10.6 Å². The average molecular weight is 253 g/mol. The first-order chi connectivity index (χ1) is 8.44. The molecule has 0 bridgehead atoms. The summed E-state index contributed by atoms with van der Waals surface area (Å²) in [5.41, 5.74) is -0.0566. The second kappa shape index (κ2) is 5.17. The van der Waals surface area contributed by atoms with Gasteiger partial charge in [-0.25, -0.2) is 0 Å². The maximum atomic E-state index is 12.2. The van der Waals surface area contributed by atoms with E-state index in [1.807, 2.05) is 6.92 Å². The first-order valence-corrected chi connectivity index (χ1v) is 7.16. The van der Waals surface area contributed by atoms with E-state index >= 15 is 0 Å². The summed E-state index contributed by atoms with van der Waals surface area (Å²) in [6, 6.07) is 0. The zero-order valence-corrected chi connectivity index (χ0v) is 12.0. The van der Waals surface area contributed by atoms with Crippen molar-refractivity contribution in [2.75, 3.05) is 33.2 Å². The summed E-state index contributed by atoms with van der Waals surface area (Å²) in [6.45, 7) is 8.38. The van der Waals surface area contributed by atoms with E-state index in [0.29, 0.717) is 0 Å². The molecule has 2 fully saturated rings. The van der Waals surface area contributed by atoms with Gasteiger partial charge in [-0.15, -0.1) is 0 Å². The molecule has 0 aliphatic carbocycles. The van der Waals surface area contributed by atoms with Crippen molar-refractivity contribution in [1.29, 1.82) is 0 Å². The van der Waals surface area contributed by atoms with E-state index in [9.17, 15) is 4.79 Å². The predicted octanol–water partition coefficient (Wildman–Crippen LogP) is 0.977. The summed E-state index contributed by atoms with van der Waals surface area (Å²) in [7, 11) is 2.17. The first kappa shape index (κ1) is 13.8. The highest BCUT2D eigenvalue weighted by atomic mass is 16.2. The van der Waals surface area contributed by atoms with Crippen LogP contribution in [0.5, 0.6) is 0 Å². The lowest BCUT2D eigenvalue weighted by Gasteiger charge is -2.38. The van der Waals surface area contributed by atoms with Crippen LogP contribution in [0.1, 0.15) is 39.5 Å². The number of piperidine rings is 1. The van der Waals surface area contributed by atoms with Crippen LogP contribution in [-0.4, -0.2) is 49.6 Å². The highest BCUT2D eigenvalue weighted by molar-refractivity contribution is 5.86. The minimum Gasteiger partial charge on any atom is -0.354 e. The zero-order chi connectivity index (χ0) is 13.2. The number of likely N-dealkylation sites (tertiary alicyclic amines) is 1. The van der Waals surface area contributed by atoms with Crippen molar-refractivity contribution in [3.63, 3.8) is 0 Å². The van der Waals surface area contributed by atoms with Gasteiger partial charge in [0, 0.05) is 6.54 Å². The van der Waals surface area contributed by atoms with Crippen LogP contribution in [0.15, 0.2) is 0 Å². The summed E-state index contributed by atoms with van der Waals surface area (Å²) in [5, 5.41) is 6.49. The van der Waals surface area contributed by atoms with Gasteiger partial charge in [0.15, 0.2) is 0 Å². The fourth-order valence-electron chi connectivity index (χ4n) is 2.91. The third kappa shape index (κ3) is 3.04. The van der Waals surface area contributed by atoms with Crippen LogP contribution in [0.4, 0.5) is 0 Å². The van der Waals surface area contributed by atoms with Gasteiger partial charge >= 0.3 is 0 Å². The quantitative estimate of drug-likeness (QED) is 0.788. The van der Waals surface area contributed by atoms with Gasteiger partial charge in [0.2, 0.25) is 5.91 Å². The molecule has 2 rings (SSSR count). The van der Waals surface area contributed by atoms with Crippen molar-refractivity contribution in [1.82, 2.24) is 15.5 Å². The molecule has 0 aromatic heterocycles. The predicted molar refractivity (Wildman–Crippen MR) is 73.5 cm³/mol. The van der Waals surface area contributed by atoms with Gasteiger partial charge in [-0.1, -0.05) is 6.92 Å². The van der Waals surface area contributed by atoms with Gasteiger partial charge in [0.1, 0.15) is 0 Å². The summed E-state index contributed by atoms with van der Waals surface area (Å²) in [5.74, 6) is 0.181. The van der Waals surface area contributed by atoms with Crippen LogP contribution in [0.3, 0.4) is 0 Å². The average Bonchev–Trinajstić information content (AvgIpc) is 2.79. The topological polar surface area (TPSA) is 44.4 Å². The molecule has 1 unspecified atom stereocenters. The Labute approximate surface area is 110 Å². The van der Waals surface area contributed by atoms with E-state index in [0.717, 1.165) is 39.0 Å². The van der Waals surface area contributed by atoms with Crippen molar-refractivity contribution in [2.24, 2.45) is 5.41 Å². The van der Waals surface area contributed by atoms with Crippen LogP contribution in [0, 0.1) is 5.41 Å². The Morgan fingerprint density at radius 2 is 1.94 bits per heavy atom. The molecule has 2 saturated heterocycles. The molecule has 2 heterocycles. The fraction of sp³-hybridized carbons (Fsp3) is 0.929. The van der Waals surface area contributed by atoms with Gasteiger partial charge in [-0.2, -0.15) is 0 Å². The molecule has 18 heavy (non-hydrogen) atoms. The Hall–Kier alpha value is -0.610. The molecule has 0 aromatic carbocycles. The molecule has 4 heteroatoms. The second-order valence-electron chi connectivity index (χ2n) is 6.66. The zero-order valence-electron chi connectivity index (χ0n) is 12.0. The minimum absolute atomic E-state index is 0.181. The Morgan fingerprint density at radius 1 is 1.28 bits per heavy atom. The molecule has 2 aliphatic rings. The molecule has 2 aliphatic heterocycles. The molecule has 2 N–H and O–H groups in total. The van der Waals surface area contributed by atoms with Gasteiger partial charge in [-0.05, 0) is 64.7 Å². The minimum atomic E-state index is -0.332. The molecule has 4 nitrogen and oxygen atoms in total. The molecular weight excluding hydrogens is 226 g/mol. The number of nitrogens with zero attached hydrogens (tertiary/aromatic N) is 1. The van der Waals surface area contributed by atoms with Crippen LogP contribution >= 0.6 is 0 Å². The van der Waals surface area contributed by atoms with E-state index in [2.05, 4.69) is 29.5 Å².